The van der Waals surface area contributed by atoms with Crippen LogP contribution in [0, 0.1) is 0 Å². The van der Waals surface area contributed by atoms with Gasteiger partial charge < -0.3 is 10.2 Å². The SMILES string of the molecule is O=c1[nH]c(O)c(CCCCCc2ccc(O)cc2)s1. The summed E-state index contributed by atoms with van der Waals surface area (Å²) in [5.41, 5.74) is 1.21. The largest absolute Gasteiger partial charge is 0.508 e. The first kappa shape index (κ1) is 13.7. The first-order valence-electron chi connectivity index (χ1n) is 6.34. The predicted molar refractivity (Wildman–Crippen MR) is 76.0 cm³/mol. The van der Waals surface area contributed by atoms with Crippen molar-refractivity contribution in [3.63, 3.8) is 0 Å². The molecule has 5 heteroatoms. The van der Waals surface area contributed by atoms with Gasteiger partial charge in [0.15, 0.2) is 0 Å². The lowest BCUT2D eigenvalue weighted by molar-refractivity contribution is 0.448. The van der Waals surface area contributed by atoms with Crippen molar-refractivity contribution in [1.82, 2.24) is 4.98 Å². The third-order valence-electron chi connectivity index (χ3n) is 3.01. The number of aromatic amines is 1. The highest BCUT2D eigenvalue weighted by molar-refractivity contribution is 7.09. The van der Waals surface area contributed by atoms with Crippen LogP contribution in [0.4, 0.5) is 0 Å². The molecule has 0 spiro atoms. The van der Waals surface area contributed by atoms with E-state index in [1.807, 2.05) is 12.1 Å². The summed E-state index contributed by atoms with van der Waals surface area (Å²) in [7, 11) is 0. The van der Waals surface area contributed by atoms with Crippen LogP contribution in [0.2, 0.25) is 0 Å². The van der Waals surface area contributed by atoms with Crippen molar-refractivity contribution >= 4 is 11.3 Å². The smallest absolute Gasteiger partial charge is 0.307 e. The lowest BCUT2D eigenvalue weighted by Crippen LogP contribution is -1.89. The van der Waals surface area contributed by atoms with Crippen LogP contribution in [0.15, 0.2) is 29.1 Å². The van der Waals surface area contributed by atoms with E-state index in [-0.39, 0.29) is 10.8 Å². The quantitative estimate of drug-likeness (QED) is 0.712. The van der Waals surface area contributed by atoms with Gasteiger partial charge in [-0.25, -0.2) is 0 Å². The van der Waals surface area contributed by atoms with Crippen LogP contribution in [0.5, 0.6) is 11.6 Å². The van der Waals surface area contributed by atoms with Gasteiger partial charge in [-0.3, -0.25) is 9.78 Å². The zero-order valence-electron chi connectivity index (χ0n) is 10.6. The number of aromatic hydroxyl groups is 2. The number of hydrogen-bond donors (Lipinski definition) is 3. The number of unbranched alkanes of at least 4 members (excludes halogenated alkanes) is 2. The van der Waals surface area contributed by atoms with Crippen LogP contribution in [0.1, 0.15) is 29.7 Å². The van der Waals surface area contributed by atoms with E-state index < -0.39 is 0 Å². The van der Waals surface area contributed by atoms with Crippen LogP contribution in [-0.2, 0) is 12.8 Å². The molecule has 4 nitrogen and oxygen atoms in total. The molecule has 1 aromatic carbocycles. The van der Waals surface area contributed by atoms with E-state index in [9.17, 15) is 9.90 Å². The maximum Gasteiger partial charge on any atom is 0.307 e. The van der Waals surface area contributed by atoms with E-state index in [1.165, 1.54) is 5.56 Å². The van der Waals surface area contributed by atoms with Gasteiger partial charge in [-0.2, -0.15) is 0 Å². The van der Waals surface area contributed by atoms with E-state index in [4.69, 9.17) is 5.11 Å². The number of benzene rings is 1. The summed E-state index contributed by atoms with van der Waals surface area (Å²) in [6.07, 6.45) is 4.79. The average molecular weight is 279 g/mol. The summed E-state index contributed by atoms with van der Waals surface area (Å²) >= 11 is 1.08. The Labute approximate surface area is 115 Å². The van der Waals surface area contributed by atoms with Gasteiger partial charge in [0.05, 0.1) is 4.88 Å². The van der Waals surface area contributed by atoms with E-state index in [0.29, 0.717) is 5.75 Å². The lowest BCUT2D eigenvalue weighted by Gasteiger charge is -2.02. The van der Waals surface area contributed by atoms with Gasteiger partial charge >= 0.3 is 4.87 Å². The van der Waals surface area contributed by atoms with Gasteiger partial charge in [0.25, 0.3) is 0 Å². The van der Waals surface area contributed by atoms with Crippen LogP contribution >= 0.6 is 11.3 Å². The predicted octanol–water partition coefficient (Wildman–Crippen LogP) is 2.80. The van der Waals surface area contributed by atoms with E-state index in [2.05, 4.69) is 4.98 Å². The Kier molecular flexibility index (Phi) is 4.63. The molecule has 0 amide bonds. The minimum atomic E-state index is -0.198. The number of phenols is 1. The molecule has 0 fully saturated rings. The Balaban J connectivity index is 1.68. The van der Waals surface area contributed by atoms with Gasteiger partial charge in [0.1, 0.15) is 5.75 Å². The van der Waals surface area contributed by atoms with Crippen molar-refractivity contribution in [3.05, 3.63) is 44.4 Å². The fourth-order valence-electron chi connectivity index (χ4n) is 1.98. The maximum atomic E-state index is 11.0. The minimum absolute atomic E-state index is 0.0218. The summed E-state index contributed by atoms with van der Waals surface area (Å²) in [4.78, 5) is 13.9. The second kappa shape index (κ2) is 6.43. The third-order valence-corrected chi connectivity index (χ3v) is 3.94. The molecule has 0 aliphatic heterocycles. The number of aryl methyl sites for hydroxylation is 2. The summed E-state index contributed by atoms with van der Waals surface area (Å²) in [6, 6.07) is 7.26. The molecule has 1 aromatic heterocycles. The lowest BCUT2D eigenvalue weighted by atomic mass is 10.1. The topological polar surface area (TPSA) is 73.3 Å². The van der Waals surface area contributed by atoms with Gasteiger partial charge in [0.2, 0.25) is 5.88 Å². The second-order valence-corrected chi connectivity index (χ2v) is 5.58. The molecule has 1 heterocycles. The molecule has 0 atom stereocenters. The molecule has 2 rings (SSSR count). The summed E-state index contributed by atoms with van der Waals surface area (Å²) in [5, 5.41) is 18.6. The summed E-state index contributed by atoms with van der Waals surface area (Å²) < 4.78 is 0. The Morgan fingerprint density at radius 3 is 2.32 bits per heavy atom. The van der Waals surface area contributed by atoms with Crippen molar-refractivity contribution in [1.29, 1.82) is 0 Å². The molecule has 19 heavy (non-hydrogen) atoms. The fourth-order valence-corrected chi connectivity index (χ4v) is 2.74. The first-order chi connectivity index (χ1) is 9.15. The molecule has 0 aliphatic rings. The van der Waals surface area contributed by atoms with Gasteiger partial charge in [-0.05, 0) is 43.4 Å². The molecule has 2 aromatic rings. The zero-order chi connectivity index (χ0) is 13.7. The van der Waals surface area contributed by atoms with Gasteiger partial charge in [-0.15, -0.1) is 0 Å². The summed E-state index contributed by atoms with van der Waals surface area (Å²) in [6.45, 7) is 0. The number of phenolic OH excluding ortho intramolecular Hbond substituents is 1. The highest BCUT2D eigenvalue weighted by Gasteiger charge is 2.05. The molecule has 0 bridgehead atoms. The highest BCUT2D eigenvalue weighted by Crippen LogP contribution is 2.19. The van der Waals surface area contributed by atoms with Crippen molar-refractivity contribution in [2.24, 2.45) is 0 Å². The molecule has 0 radical (unpaired) electrons. The molecule has 0 aliphatic carbocycles. The second-order valence-electron chi connectivity index (χ2n) is 4.51. The molecule has 0 saturated heterocycles. The molecule has 0 unspecified atom stereocenters. The molecule has 0 saturated carbocycles. The van der Waals surface area contributed by atoms with Crippen LogP contribution < -0.4 is 4.87 Å². The Hall–Kier alpha value is -1.75. The normalized spacial score (nSPS) is 10.7. The van der Waals surface area contributed by atoms with Crippen molar-refractivity contribution < 1.29 is 10.2 Å². The summed E-state index contributed by atoms with van der Waals surface area (Å²) in [5.74, 6) is 0.315. The maximum absolute atomic E-state index is 11.0. The Morgan fingerprint density at radius 1 is 1.00 bits per heavy atom. The first-order valence-corrected chi connectivity index (χ1v) is 7.15. The highest BCUT2D eigenvalue weighted by atomic mass is 32.1. The fraction of sp³-hybridized carbons (Fsp3) is 0.357. The van der Waals surface area contributed by atoms with E-state index in [1.54, 1.807) is 12.1 Å². The number of rotatable bonds is 6. The van der Waals surface area contributed by atoms with Crippen molar-refractivity contribution in [2.45, 2.75) is 32.1 Å². The standard InChI is InChI=1S/C14H17NO3S/c16-11-8-6-10(7-9-11)4-2-1-3-5-12-13(17)15-14(18)19-12/h6-9,16-17H,1-5H2,(H,15,18). The molecule has 102 valence electrons. The Bertz CT molecular complexity index is 571. The Morgan fingerprint density at radius 2 is 1.68 bits per heavy atom. The average Bonchev–Trinajstić information content (AvgIpc) is 2.70. The van der Waals surface area contributed by atoms with Crippen molar-refractivity contribution in [2.75, 3.05) is 0 Å². The number of nitrogens with one attached hydrogen (secondary N) is 1. The number of H-pyrrole nitrogens is 1. The van der Waals surface area contributed by atoms with Crippen LogP contribution in [-0.4, -0.2) is 15.2 Å². The van der Waals surface area contributed by atoms with E-state index >= 15 is 0 Å². The number of aromatic nitrogens is 1. The molecular weight excluding hydrogens is 262 g/mol. The zero-order valence-corrected chi connectivity index (χ0v) is 11.4. The monoisotopic (exact) mass is 279 g/mol. The number of hydrogen-bond acceptors (Lipinski definition) is 4. The van der Waals surface area contributed by atoms with Gasteiger partial charge in [-0.1, -0.05) is 29.9 Å². The molecule has 3 N–H and O–H groups in total. The number of thiazole rings is 1. The molecular formula is C14H17NO3S. The van der Waals surface area contributed by atoms with Gasteiger partial charge in [0, 0.05) is 0 Å². The van der Waals surface area contributed by atoms with E-state index in [0.717, 1.165) is 48.3 Å². The third kappa shape index (κ3) is 4.13. The van der Waals surface area contributed by atoms with Crippen LogP contribution in [0.3, 0.4) is 0 Å². The van der Waals surface area contributed by atoms with Crippen molar-refractivity contribution in [3.8, 4) is 11.6 Å². The van der Waals surface area contributed by atoms with Crippen LogP contribution in [0.25, 0.3) is 0 Å². The minimum Gasteiger partial charge on any atom is -0.508 e.